The summed E-state index contributed by atoms with van der Waals surface area (Å²) in [6.45, 7) is 7.05. The van der Waals surface area contributed by atoms with Crippen LogP contribution in [0.1, 0.15) is 11.1 Å². The molecule has 2 aromatic carbocycles. The summed E-state index contributed by atoms with van der Waals surface area (Å²) in [5.41, 5.74) is 3.26. The van der Waals surface area contributed by atoms with Crippen LogP contribution in [0.4, 0.5) is 5.82 Å². The van der Waals surface area contributed by atoms with Gasteiger partial charge in [-0.3, -0.25) is 4.90 Å². The lowest BCUT2D eigenvalue weighted by atomic mass is 10.1. The monoisotopic (exact) mass is 403 g/mol. The van der Waals surface area contributed by atoms with Crippen LogP contribution in [0.15, 0.2) is 54.6 Å². The van der Waals surface area contributed by atoms with E-state index in [0.29, 0.717) is 0 Å². The lowest BCUT2D eigenvalue weighted by molar-refractivity contribution is 0.284. The maximum absolute atomic E-state index is 5.57. The predicted octanol–water partition coefficient (Wildman–Crippen LogP) is 4.40. The number of aromatic nitrogens is 1. The first-order chi connectivity index (χ1) is 14.7. The molecule has 30 heavy (non-hydrogen) atoms. The topological polar surface area (TPSA) is 37.8 Å². The van der Waals surface area contributed by atoms with Crippen LogP contribution in [0.5, 0.6) is 11.5 Å². The Hall–Kier alpha value is -3.05. The molecule has 0 N–H and O–H groups in total. The molecule has 0 unspecified atom stereocenters. The molecule has 1 saturated heterocycles. The second-order valence-electron chi connectivity index (χ2n) is 7.59. The molecule has 0 radical (unpaired) electrons. The molecule has 0 saturated carbocycles. The fourth-order valence-corrected chi connectivity index (χ4v) is 4.02. The minimum atomic E-state index is 0.778. The molecule has 0 spiro atoms. The molecule has 0 bridgehead atoms. The smallest absolute Gasteiger partial charge is 0.145 e. The summed E-state index contributed by atoms with van der Waals surface area (Å²) in [5, 5.41) is 1.02. The summed E-state index contributed by atoms with van der Waals surface area (Å²) in [5.74, 6) is 2.61. The molecule has 2 heterocycles. The zero-order chi connectivity index (χ0) is 20.9. The fraction of sp³-hybridized carbons (Fsp3) is 0.320. The van der Waals surface area contributed by atoms with E-state index in [9.17, 15) is 0 Å². The van der Waals surface area contributed by atoms with Crippen molar-refractivity contribution in [3.8, 4) is 11.5 Å². The van der Waals surface area contributed by atoms with Gasteiger partial charge < -0.3 is 14.4 Å². The number of methoxy groups -OCH3 is 2. The van der Waals surface area contributed by atoms with E-state index in [4.69, 9.17) is 14.5 Å². The van der Waals surface area contributed by atoms with Gasteiger partial charge in [0.15, 0.2) is 0 Å². The normalized spacial score (nSPS) is 15.1. The predicted molar refractivity (Wildman–Crippen MR) is 124 cm³/mol. The first-order valence-corrected chi connectivity index (χ1v) is 10.4. The van der Waals surface area contributed by atoms with Crippen molar-refractivity contribution in [2.45, 2.75) is 6.92 Å². The third-order valence-electron chi connectivity index (χ3n) is 5.68. The summed E-state index contributed by atoms with van der Waals surface area (Å²) >= 11 is 0. The number of aryl methyl sites for hydroxylation is 1. The van der Waals surface area contributed by atoms with Gasteiger partial charge in [-0.2, -0.15) is 0 Å². The Morgan fingerprint density at radius 1 is 0.933 bits per heavy atom. The van der Waals surface area contributed by atoms with E-state index in [-0.39, 0.29) is 0 Å². The molecular weight excluding hydrogens is 374 g/mol. The van der Waals surface area contributed by atoms with Gasteiger partial charge in [-0.1, -0.05) is 42.5 Å². The Labute approximate surface area is 178 Å². The first kappa shape index (κ1) is 20.2. The number of hydrogen-bond acceptors (Lipinski definition) is 5. The van der Waals surface area contributed by atoms with Crippen LogP contribution < -0.4 is 14.4 Å². The summed E-state index contributed by atoms with van der Waals surface area (Å²) in [7, 11) is 3.38. The Morgan fingerprint density at radius 2 is 1.63 bits per heavy atom. The molecule has 3 aromatic rings. The van der Waals surface area contributed by atoms with Gasteiger partial charge in [0.25, 0.3) is 0 Å². The van der Waals surface area contributed by atoms with Gasteiger partial charge >= 0.3 is 0 Å². The zero-order valence-electron chi connectivity index (χ0n) is 18.0. The summed E-state index contributed by atoms with van der Waals surface area (Å²) < 4.78 is 11.1. The maximum atomic E-state index is 5.57. The van der Waals surface area contributed by atoms with E-state index in [1.165, 1.54) is 5.56 Å². The molecule has 0 amide bonds. The molecule has 0 atom stereocenters. The molecule has 1 aliphatic heterocycles. The van der Waals surface area contributed by atoms with E-state index in [1.54, 1.807) is 14.2 Å². The van der Waals surface area contributed by atoms with Crippen molar-refractivity contribution in [2.24, 2.45) is 0 Å². The van der Waals surface area contributed by atoms with Crippen molar-refractivity contribution >= 4 is 22.8 Å². The van der Waals surface area contributed by atoms with Crippen LogP contribution in [-0.4, -0.2) is 56.8 Å². The second kappa shape index (κ2) is 9.18. The van der Waals surface area contributed by atoms with Crippen molar-refractivity contribution in [1.29, 1.82) is 0 Å². The van der Waals surface area contributed by atoms with Gasteiger partial charge in [0.1, 0.15) is 22.8 Å². The Bertz CT molecular complexity index is 1030. The van der Waals surface area contributed by atoms with E-state index >= 15 is 0 Å². The van der Waals surface area contributed by atoms with Gasteiger partial charge in [0.05, 0.1) is 14.2 Å². The number of hydrogen-bond donors (Lipinski definition) is 0. The minimum Gasteiger partial charge on any atom is -0.496 e. The molecule has 1 aliphatic rings. The Balaban J connectivity index is 1.46. The number of fused-ring (bicyclic) bond motifs is 1. The molecule has 4 rings (SSSR count). The largest absolute Gasteiger partial charge is 0.496 e. The Morgan fingerprint density at radius 3 is 2.33 bits per heavy atom. The molecule has 1 fully saturated rings. The number of benzene rings is 2. The molecule has 1 aromatic heterocycles. The van der Waals surface area contributed by atoms with Gasteiger partial charge in [-0.05, 0) is 36.2 Å². The van der Waals surface area contributed by atoms with Crippen LogP contribution in [-0.2, 0) is 0 Å². The fourth-order valence-electron chi connectivity index (χ4n) is 4.02. The van der Waals surface area contributed by atoms with Crippen molar-refractivity contribution in [3.05, 3.63) is 65.7 Å². The molecule has 5 nitrogen and oxygen atoms in total. The highest BCUT2D eigenvalue weighted by molar-refractivity contribution is 5.94. The number of ether oxygens (including phenoxy) is 2. The van der Waals surface area contributed by atoms with Gasteiger partial charge in [-0.15, -0.1) is 0 Å². The SMILES string of the molecule is COc1ccc(OC)c2c(C)cc(N3CCN(CC=Cc4ccccc4)CC3)nc12. The minimum absolute atomic E-state index is 0.778. The van der Waals surface area contributed by atoms with Crippen molar-refractivity contribution in [2.75, 3.05) is 51.8 Å². The number of rotatable bonds is 6. The third-order valence-corrected chi connectivity index (χ3v) is 5.68. The van der Waals surface area contributed by atoms with Crippen molar-refractivity contribution < 1.29 is 9.47 Å². The highest BCUT2D eigenvalue weighted by Gasteiger charge is 2.20. The highest BCUT2D eigenvalue weighted by Crippen LogP contribution is 2.36. The van der Waals surface area contributed by atoms with E-state index in [2.05, 4.69) is 59.2 Å². The average Bonchev–Trinajstić information content (AvgIpc) is 2.79. The lowest BCUT2D eigenvalue weighted by Crippen LogP contribution is -2.46. The number of pyridine rings is 1. The Kier molecular flexibility index (Phi) is 6.19. The maximum Gasteiger partial charge on any atom is 0.145 e. The van der Waals surface area contributed by atoms with E-state index in [1.807, 2.05) is 18.2 Å². The lowest BCUT2D eigenvalue weighted by Gasteiger charge is -2.35. The zero-order valence-corrected chi connectivity index (χ0v) is 18.0. The van der Waals surface area contributed by atoms with Crippen LogP contribution in [0.2, 0.25) is 0 Å². The summed E-state index contributed by atoms with van der Waals surface area (Å²) in [4.78, 5) is 9.80. The summed E-state index contributed by atoms with van der Waals surface area (Å²) in [6, 6.07) is 16.5. The van der Waals surface area contributed by atoms with Crippen molar-refractivity contribution in [3.63, 3.8) is 0 Å². The van der Waals surface area contributed by atoms with Crippen LogP contribution in [0, 0.1) is 6.92 Å². The standard InChI is InChI=1S/C25H29N3O2/c1-19-18-23(26-25-22(30-3)12-11-21(29-2)24(19)25)28-16-14-27(15-17-28)13-7-10-20-8-5-4-6-9-20/h4-12,18H,13-17H2,1-3H3. The highest BCUT2D eigenvalue weighted by atomic mass is 16.5. The average molecular weight is 404 g/mol. The molecule has 156 valence electrons. The first-order valence-electron chi connectivity index (χ1n) is 10.4. The number of anilines is 1. The van der Waals surface area contributed by atoms with E-state index in [0.717, 1.165) is 66.5 Å². The molecule has 0 aliphatic carbocycles. The summed E-state index contributed by atoms with van der Waals surface area (Å²) in [6.07, 6.45) is 4.45. The van der Waals surface area contributed by atoms with Crippen LogP contribution in [0.25, 0.3) is 17.0 Å². The van der Waals surface area contributed by atoms with E-state index < -0.39 is 0 Å². The molecule has 5 heteroatoms. The van der Waals surface area contributed by atoms with Crippen molar-refractivity contribution in [1.82, 2.24) is 9.88 Å². The quantitative estimate of drug-likeness (QED) is 0.610. The second-order valence-corrected chi connectivity index (χ2v) is 7.59. The van der Waals surface area contributed by atoms with Gasteiger partial charge in [0, 0.05) is 38.1 Å². The third kappa shape index (κ3) is 4.26. The van der Waals surface area contributed by atoms with Crippen LogP contribution >= 0.6 is 0 Å². The van der Waals surface area contributed by atoms with Gasteiger partial charge in [-0.25, -0.2) is 4.98 Å². The van der Waals surface area contributed by atoms with Gasteiger partial charge in [0.2, 0.25) is 0 Å². The molecular formula is C25H29N3O2. The number of nitrogens with zero attached hydrogens (tertiary/aromatic N) is 3. The van der Waals surface area contributed by atoms with Crippen LogP contribution in [0.3, 0.4) is 0 Å². The number of piperazine rings is 1.